The first-order chi connectivity index (χ1) is 9.81. The lowest BCUT2D eigenvalue weighted by Crippen LogP contribution is -1.94. The van der Waals surface area contributed by atoms with E-state index >= 15 is 0 Å². The second kappa shape index (κ2) is 5.55. The van der Waals surface area contributed by atoms with Gasteiger partial charge in [0.25, 0.3) is 0 Å². The highest BCUT2D eigenvalue weighted by Crippen LogP contribution is 2.34. The van der Waals surface area contributed by atoms with Gasteiger partial charge in [0.2, 0.25) is 0 Å². The van der Waals surface area contributed by atoms with Crippen molar-refractivity contribution in [3.8, 4) is 22.5 Å². The molecular weight excluding hydrogens is 264 g/mol. The standard InChI is InChI=1S/C17H16N2S/c1-19-16(14-11-7-4-8-12-14)15(18-17(19)20-2)13-9-5-3-6-10-13/h3-12H,1-2H3. The summed E-state index contributed by atoms with van der Waals surface area (Å²) in [7, 11) is 2.08. The first kappa shape index (κ1) is 13.0. The smallest absolute Gasteiger partial charge is 0.168 e. The van der Waals surface area contributed by atoms with Crippen LogP contribution in [0.3, 0.4) is 0 Å². The van der Waals surface area contributed by atoms with Crippen molar-refractivity contribution < 1.29 is 0 Å². The first-order valence-electron chi connectivity index (χ1n) is 6.53. The van der Waals surface area contributed by atoms with Crippen molar-refractivity contribution in [2.24, 2.45) is 7.05 Å². The van der Waals surface area contributed by atoms with E-state index in [1.165, 1.54) is 11.3 Å². The Kier molecular flexibility index (Phi) is 3.61. The van der Waals surface area contributed by atoms with E-state index < -0.39 is 0 Å². The zero-order valence-corrected chi connectivity index (χ0v) is 12.4. The number of benzene rings is 2. The molecule has 3 heteroatoms. The van der Waals surface area contributed by atoms with E-state index in [1.807, 2.05) is 12.1 Å². The molecule has 1 aromatic heterocycles. The molecule has 0 atom stereocenters. The minimum absolute atomic E-state index is 1.03. The van der Waals surface area contributed by atoms with E-state index in [2.05, 4.69) is 66.4 Å². The number of aromatic nitrogens is 2. The molecule has 20 heavy (non-hydrogen) atoms. The minimum Gasteiger partial charge on any atom is -0.322 e. The predicted octanol–water partition coefficient (Wildman–Crippen LogP) is 4.48. The van der Waals surface area contributed by atoms with Gasteiger partial charge >= 0.3 is 0 Å². The molecule has 0 aliphatic heterocycles. The van der Waals surface area contributed by atoms with Gasteiger partial charge in [-0.1, -0.05) is 72.4 Å². The molecule has 2 nitrogen and oxygen atoms in total. The van der Waals surface area contributed by atoms with Crippen molar-refractivity contribution in [3.63, 3.8) is 0 Å². The molecule has 0 bridgehead atoms. The van der Waals surface area contributed by atoms with Crippen LogP contribution in [-0.2, 0) is 7.05 Å². The third-order valence-electron chi connectivity index (χ3n) is 3.33. The number of hydrogen-bond donors (Lipinski definition) is 0. The Morgan fingerprint density at radius 2 is 1.40 bits per heavy atom. The van der Waals surface area contributed by atoms with E-state index in [9.17, 15) is 0 Å². The normalized spacial score (nSPS) is 10.7. The van der Waals surface area contributed by atoms with Gasteiger partial charge in [0, 0.05) is 18.2 Å². The highest BCUT2D eigenvalue weighted by Gasteiger charge is 2.16. The van der Waals surface area contributed by atoms with Gasteiger partial charge < -0.3 is 4.57 Å². The van der Waals surface area contributed by atoms with Crippen LogP contribution in [0.5, 0.6) is 0 Å². The second-order valence-electron chi connectivity index (χ2n) is 4.59. The zero-order chi connectivity index (χ0) is 13.9. The predicted molar refractivity (Wildman–Crippen MR) is 85.9 cm³/mol. The maximum atomic E-state index is 4.80. The van der Waals surface area contributed by atoms with Gasteiger partial charge in [-0.3, -0.25) is 0 Å². The number of rotatable bonds is 3. The highest BCUT2D eigenvalue weighted by molar-refractivity contribution is 7.98. The van der Waals surface area contributed by atoms with Crippen molar-refractivity contribution in [3.05, 3.63) is 60.7 Å². The Morgan fingerprint density at radius 1 is 0.850 bits per heavy atom. The SMILES string of the molecule is CSc1nc(-c2ccccc2)c(-c2ccccc2)n1C. The molecule has 2 aromatic carbocycles. The summed E-state index contributed by atoms with van der Waals surface area (Å²) in [6.45, 7) is 0. The lowest BCUT2D eigenvalue weighted by molar-refractivity contribution is 0.798. The summed E-state index contributed by atoms with van der Waals surface area (Å²) in [6, 6.07) is 20.8. The average molecular weight is 280 g/mol. The largest absolute Gasteiger partial charge is 0.322 e. The average Bonchev–Trinajstić information content (AvgIpc) is 2.86. The van der Waals surface area contributed by atoms with Crippen LogP contribution in [0.1, 0.15) is 0 Å². The topological polar surface area (TPSA) is 17.8 Å². The molecular formula is C17H16N2S. The van der Waals surface area contributed by atoms with Crippen LogP contribution in [0.4, 0.5) is 0 Å². The van der Waals surface area contributed by atoms with Crippen molar-refractivity contribution in [1.82, 2.24) is 9.55 Å². The second-order valence-corrected chi connectivity index (χ2v) is 5.36. The summed E-state index contributed by atoms with van der Waals surface area (Å²) in [5.41, 5.74) is 4.56. The highest BCUT2D eigenvalue weighted by atomic mass is 32.2. The van der Waals surface area contributed by atoms with E-state index in [1.54, 1.807) is 11.8 Å². The molecule has 0 unspecified atom stereocenters. The fraction of sp³-hybridized carbons (Fsp3) is 0.118. The number of nitrogens with zero attached hydrogens (tertiary/aromatic N) is 2. The molecule has 0 saturated heterocycles. The van der Waals surface area contributed by atoms with E-state index in [4.69, 9.17) is 4.98 Å². The quantitative estimate of drug-likeness (QED) is 0.658. The van der Waals surface area contributed by atoms with Gasteiger partial charge in [0.15, 0.2) is 5.16 Å². The summed E-state index contributed by atoms with van der Waals surface area (Å²) < 4.78 is 2.17. The van der Waals surface area contributed by atoms with Gasteiger partial charge in [0.1, 0.15) is 0 Å². The monoisotopic (exact) mass is 280 g/mol. The third-order valence-corrected chi connectivity index (χ3v) is 4.06. The molecule has 0 spiro atoms. The molecule has 100 valence electrons. The van der Waals surface area contributed by atoms with Gasteiger partial charge in [-0.05, 0) is 6.26 Å². The summed E-state index contributed by atoms with van der Waals surface area (Å²) in [5, 5.41) is 1.03. The van der Waals surface area contributed by atoms with Crippen LogP contribution >= 0.6 is 11.8 Å². The molecule has 0 aliphatic carbocycles. The molecule has 0 saturated carbocycles. The lowest BCUT2D eigenvalue weighted by Gasteiger charge is -2.07. The Bertz CT molecular complexity index is 703. The van der Waals surface area contributed by atoms with Crippen molar-refractivity contribution in [2.75, 3.05) is 6.26 Å². The Balaban J connectivity index is 2.25. The van der Waals surface area contributed by atoms with Gasteiger partial charge in [-0.25, -0.2) is 4.98 Å². The summed E-state index contributed by atoms with van der Waals surface area (Å²) in [6.07, 6.45) is 2.06. The molecule has 3 aromatic rings. The van der Waals surface area contributed by atoms with Gasteiger partial charge in [0.05, 0.1) is 11.4 Å². The summed E-state index contributed by atoms with van der Waals surface area (Å²) >= 11 is 1.67. The van der Waals surface area contributed by atoms with Crippen LogP contribution in [0, 0.1) is 0 Å². The van der Waals surface area contributed by atoms with Crippen molar-refractivity contribution >= 4 is 11.8 Å². The molecule has 0 N–H and O–H groups in total. The van der Waals surface area contributed by atoms with Gasteiger partial charge in [-0.15, -0.1) is 0 Å². The van der Waals surface area contributed by atoms with Crippen LogP contribution in [0.2, 0.25) is 0 Å². The summed E-state index contributed by atoms with van der Waals surface area (Å²) in [4.78, 5) is 4.80. The Labute approximate surface area is 123 Å². The Morgan fingerprint density at radius 3 is 1.95 bits per heavy atom. The van der Waals surface area contributed by atoms with Gasteiger partial charge in [-0.2, -0.15) is 0 Å². The van der Waals surface area contributed by atoms with Crippen molar-refractivity contribution in [2.45, 2.75) is 5.16 Å². The molecule has 0 amide bonds. The van der Waals surface area contributed by atoms with Crippen LogP contribution < -0.4 is 0 Å². The van der Waals surface area contributed by atoms with Crippen molar-refractivity contribution in [1.29, 1.82) is 0 Å². The minimum atomic E-state index is 1.03. The maximum Gasteiger partial charge on any atom is 0.168 e. The Hall–Kier alpha value is -2.00. The van der Waals surface area contributed by atoms with E-state index in [-0.39, 0.29) is 0 Å². The maximum absolute atomic E-state index is 4.80. The number of imidazole rings is 1. The van der Waals surface area contributed by atoms with Crippen LogP contribution in [0.15, 0.2) is 65.8 Å². The zero-order valence-electron chi connectivity index (χ0n) is 11.6. The fourth-order valence-electron chi connectivity index (χ4n) is 2.38. The fourth-order valence-corrected chi connectivity index (χ4v) is 2.93. The van der Waals surface area contributed by atoms with E-state index in [0.717, 1.165) is 16.4 Å². The summed E-state index contributed by atoms with van der Waals surface area (Å²) in [5.74, 6) is 0. The van der Waals surface area contributed by atoms with E-state index in [0.29, 0.717) is 0 Å². The third kappa shape index (κ3) is 2.25. The molecule has 0 fully saturated rings. The molecule has 3 rings (SSSR count). The molecule has 0 aliphatic rings. The van der Waals surface area contributed by atoms with Crippen LogP contribution in [0.25, 0.3) is 22.5 Å². The molecule has 0 radical (unpaired) electrons. The first-order valence-corrected chi connectivity index (χ1v) is 7.75. The van der Waals surface area contributed by atoms with Crippen LogP contribution in [-0.4, -0.2) is 15.8 Å². The lowest BCUT2D eigenvalue weighted by atomic mass is 10.1. The number of hydrogen-bond acceptors (Lipinski definition) is 2. The molecule has 1 heterocycles. The number of thioether (sulfide) groups is 1.